The molecule has 4 rings (SSSR count). The van der Waals surface area contributed by atoms with Crippen LogP contribution in [0.4, 0.5) is 17.5 Å². The Morgan fingerprint density at radius 2 is 1.71 bits per heavy atom. The van der Waals surface area contributed by atoms with Crippen LogP contribution in [0.1, 0.15) is 24.0 Å². The maximum absolute atomic E-state index is 4.85. The number of aryl methyl sites for hydroxylation is 1. The molecule has 122 valence electrons. The molecule has 4 nitrogen and oxygen atoms in total. The zero-order valence-electron chi connectivity index (χ0n) is 14.2. The maximum Gasteiger partial charge on any atom is 0.229 e. The number of rotatable bonds is 3. The molecule has 0 spiro atoms. The van der Waals surface area contributed by atoms with Crippen molar-refractivity contribution < 1.29 is 0 Å². The first-order valence-electron chi connectivity index (χ1n) is 8.57. The second kappa shape index (κ2) is 6.11. The number of nitrogens with zero attached hydrogens (tertiary/aromatic N) is 3. The van der Waals surface area contributed by atoms with E-state index in [0.717, 1.165) is 35.5 Å². The molecule has 3 aromatic rings. The summed E-state index contributed by atoms with van der Waals surface area (Å²) in [6, 6.07) is 14.5. The minimum Gasteiger partial charge on any atom is -0.356 e. The lowest BCUT2D eigenvalue weighted by Gasteiger charge is -2.20. The summed E-state index contributed by atoms with van der Waals surface area (Å²) in [6.45, 7) is 6.39. The number of hydrogen-bond donors (Lipinski definition) is 1. The van der Waals surface area contributed by atoms with Crippen molar-refractivity contribution in [2.24, 2.45) is 0 Å². The van der Waals surface area contributed by atoms with E-state index in [1.807, 2.05) is 6.07 Å². The first-order valence-corrected chi connectivity index (χ1v) is 8.57. The minimum atomic E-state index is 0.671. The number of aromatic nitrogens is 2. The zero-order valence-corrected chi connectivity index (χ0v) is 14.2. The monoisotopic (exact) mass is 318 g/mol. The van der Waals surface area contributed by atoms with Gasteiger partial charge in [-0.3, -0.25) is 0 Å². The lowest BCUT2D eigenvalue weighted by molar-refractivity contribution is 0.941. The Hall–Kier alpha value is -2.62. The highest BCUT2D eigenvalue weighted by Gasteiger charge is 2.18. The summed E-state index contributed by atoms with van der Waals surface area (Å²) in [5.41, 5.74) is 4.55. The summed E-state index contributed by atoms with van der Waals surface area (Å²) in [6.07, 6.45) is 2.47. The lowest BCUT2D eigenvalue weighted by atomic mass is 10.1. The van der Waals surface area contributed by atoms with Gasteiger partial charge in [0.2, 0.25) is 5.95 Å². The topological polar surface area (TPSA) is 41.1 Å². The molecule has 1 saturated heterocycles. The van der Waals surface area contributed by atoms with Gasteiger partial charge in [0.25, 0.3) is 0 Å². The summed E-state index contributed by atoms with van der Waals surface area (Å²) in [7, 11) is 0. The van der Waals surface area contributed by atoms with Crippen molar-refractivity contribution in [2.45, 2.75) is 26.7 Å². The number of hydrogen-bond acceptors (Lipinski definition) is 4. The smallest absolute Gasteiger partial charge is 0.229 e. The second-order valence-corrected chi connectivity index (χ2v) is 6.45. The summed E-state index contributed by atoms with van der Waals surface area (Å²) in [5.74, 6) is 1.72. The fourth-order valence-corrected chi connectivity index (χ4v) is 3.29. The van der Waals surface area contributed by atoms with Crippen molar-refractivity contribution in [2.75, 3.05) is 23.3 Å². The molecule has 0 aliphatic carbocycles. The van der Waals surface area contributed by atoms with Crippen molar-refractivity contribution in [1.29, 1.82) is 0 Å². The van der Waals surface area contributed by atoms with E-state index in [2.05, 4.69) is 60.5 Å². The quantitative estimate of drug-likeness (QED) is 0.767. The Labute approximate surface area is 142 Å². The van der Waals surface area contributed by atoms with Gasteiger partial charge in [-0.1, -0.05) is 24.3 Å². The second-order valence-electron chi connectivity index (χ2n) is 6.45. The van der Waals surface area contributed by atoms with Crippen LogP contribution in [0, 0.1) is 13.8 Å². The fourth-order valence-electron chi connectivity index (χ4n) is 3.29. The molecule has 24 heavy (non-hydrogen) atoms. The van der Waals surface area contributed by atoms with Crippen LogP contribution in [0.3, 0.4) is 0 Å². The van der Waals surface area contributed by atoms with E-state index in [-0.39, 0.29) is 0 Å². The maximum atomic E-state index is 4.85. The minimum absolute atomic E-state index is 0.671. The van der Waals surface area contributed by atoms with Gasteiger partial charge in [-0.15, -0.1) is 0 Å². The Bertz CT molecular complexity index is 882. The highest BCUT2D eigenvalue weighted by atomic mass is 15.2. The normalized spacial score (nSPS) is 14.3. The molecule has 1 aliphatic heterocycles. The molecular weight excluding hydrogens is 296 g/mol. The Morgan fingerprint density at radius 3 is 2.54 bits per heavy atom. The van der Waals surface area contributed by atoms with Gasteiger partial charge in [-0.05, 0) is 56.0 Å². The van der Waals surface area contributed by atoms with Gasteiger partial charge in [0.1, 0.15) is 5.82 Å². The standard InChI is InChI=1S/C20H22N4/c1-14-8-7-11-17(15(14)2)21-20-22-18-10-4-3-9-16(18)19(23-20)24-12-5-6-13-24/h3-4,7-11H,5-6,12-13H2,1-2H3,(H,21,22,23). The van der Waals surface area contributed by atoms with E-state index in [0.29, 0.717) is 5.95 Å². The number of anilines is 3. The van der Waals surface area contributed by atoms with Gasteiger partial charge >= 0.3 is 0 Å². The molecule has 1 aromatic heterocycles. The average molecular weight is 318 g/mol. The number of fused-ring (bicyclic) bond motifs is 1. The molecule has 1 aliphatic rings. The summed E-state index contributed by atoms with van der Waals surface area (Å²) >= 11 is 0. The van der Waals surface area contributed by atoms with Crippen LogP contribution in [0.5, 0.6) is 0 Å². The zero-order chi connectivity index (χ0) is 16.5. The third kappa shape index (κ3) is 2.68. The van der Waals surface area contributed by atoms with Crippen LogP contribution in [-0.4, -0.2) is 23.1 Å². The van der Waals surface area contributed by atoms with E-state index >= 15 is 0 Å². The van der Waals surface area contributed by atoms with Crippen molar-refractivity contribution in [3.8, 4) is 0 Å². The predicted octanol–water partition coefficient (Wildman–Crippen LogP) is 4.59. The third-order valence-electron chi connectivity index (χ3n) is 4.84. The molecule has 2 aromatic carbocycles. The van der Waals surface area contributed by atoms with Crippen LogP contribution >= 0.6 is 0 Å². The first kappa shape index (κ1) is 14.9. The van der Waals surface area contributed by atoms with Gasteiger partial charge < -0.3 is 10.2 Å². The van der Waals surface area contributed by atoms with Crippen molar-refractivity contribution in [3.05, 3.63) is 53.6 Å². The van der Waals surface area contributed by atoms with Crippen LogP contribution in [-0.2, 0) is 0 Å². The Kier molecular flexibility index (Phi) is 3.81. The van der Waals surface area contributed by atoms with Crippen molar-refractivity contribution >= 4 is 28.4 Å². The Balaban J connectivity index is 1.79. The van der Waals surface area contributed by atoms with E-state index < -0.39 is 0 Å². The molecular formula is C20H22N4. The van der Waals surface area contributed by atoms with E-state index in [1.165, 1.54) is 24.0 Å². The largest absolute Gasteiger partial charge is 0.356 e. The highest BCUT2D eigenvalue weighted by Crippen LogP contribution is 2.29. The van der Waals surface area contributed by atoms with Crippen molar-refractivity contribution in [3.63, 3.8) is 0 Å². The molecule has 1 N–H and O–H groups in total. The molecule has 0 unspecified atom stereocenters. The molecule has 0 saturated carbocycles. The van der Waals surface area contributed by atoms with Crippen LogP contribution < -0.4 is 10.2 Å². The molecule has 2 heterocycles. The number of benzene rings is 2. The van der Waals surface area contributed by atoms with E-state index in [1.54, 1.807) is 0 Å². The van der Waals surface area contributed by atoms with Crippen molar-refractivity contribution in [1.82, 2.24) is 9.97 Å². The third-order valence-corrected chi connectivity index (χ3v) is 4.84. The van der Waals surface area contributed by atoms with Crippen LogP contribution in [0.2, 0.25) is 0 Å². The number of nitrogens with one attached hydrogen (secondary N) is 1. The van der Waals surface area contributed by atoms with Gasteiger partial charge in [0.15, 0.2) is 0 Å². The van der Waals surface area contributed by atoms with E-state index in [4.69, 9.17) is 9.97 Å². The summed E-state index contributed by atoms with van der Waals surface area (Å²) < 4.78 is 0. The highest BCUT2D eigenvalue weighted by molar-refractivity contribution is 5.91. The SMILES string of the molecule is Cc1cccc(Nc2nc(N3CCCC3)c3ccccc3n2)c1C. The molecule has 0 atom stereocenters. The molecule has 1 fully saturated rings. The Morgan fingerprint density at radius 1 is 0.917 bits per heavy atom. The van der Waals surface area contributed by atoms with E-state index in [9.17, 15) is 0 Å². The van der Waals surface area contributed by atoms with Gasteiger partial charge in [0, 0.05) is 24.2 Å². The predicted molar refractivity (Wildman–Crippen MR) is 100 cm³/mol. The number of para-hydroxylation sites is 1. The fraction of sp³-hybridized carbons (Fsp3) is 0.300. The molecule has 0 amide bonds. The lowest BCUT2D eigenvalue weighted by Crippen LogP contribution is -2.20. The molecule has 0 bridgehead atoms. The van der Waals surface area contributed by atoms with Crippen LogP contribution in [0.25, 0.3) is 10.9 Å². The average Bonchev–Trinajstić information content (AvgIpc) is 3.13. The van der Waals surface area contributed by atoms with Gasteiger partial charge in [0.05, 0.1) is 5.52 Å². The van der Waals surface area contributed by atoms with Gasteiger partial charge in [-0.2, -0.15) is 4.98 Å². The molecule has 4 heteroatoms. The van der Waals surface area contributed by atoms with Gasteiger partial charge in [-0.25, -0.2) is 4.98 Å². The summed E-state index contributed by atoms with van der Waals surface area (Å²) in [5, 5.41) is 4.55. The molecule has 0 radical (unpaired) electrons. The first-order chi connectivity index (χ1) is 11.7. The summed E-state index contributed by atoms with van der Waals surface area (Å²) in [4.78, 5) is 12.0. The van der Waals surface area contributed by atoms with Crippen LogP contribution in [0.15, 0.2) is 42.5 Å².